The molecule has 89 heavy (non-hydrogen) atoms. The summed E-state index contributed by atoms with van der Waals surface area (Å²) in [6.07, 6.45) is -2.03. The van der Waals surface area contributed by atoms with Crippen LogP contribution in [-0.4, -0.2) is 160 Å². The van der Waals surface area contributed by atoms with Crippen molar-refractivity contribution in [3.05, 3.63) is 102 Å². The van der Waals surface area contributed by atoms with Gasteiger partial charge in [-0.25, -0.2) is 10.2 Å². The van der Waals surface area contributed by atoms with Gasteiger partial charge in [-0.1, -0.05) is 74.5 Å². The van der Waals surface area contributed by atoms with E-state index in [9.17, 15) is 67.7 Å². The molecule has 3 aromatic carbocycles. The summed E-state index contributed by atoms with van der Waals surface area (Å²) in [6, 6.07) is 7.80. The molecular weight excluding hydrogens is 1160 g/mol. The maximum Gasteiger partial charge on any atom is 0.334 e. The van der Waals surface area contributed by atoms with Crippen molar-refractivity contribution in [2.45, 2.75) is 140 Å². The Kier molecular flexibility index (Phi) is 28.2. The summed E-state index contributed by atoms with van der Waals surface area (Å²) < 4.78 is 0. The zero-order valence-corrected chi connectivity index (χ0v) is 50.0. The van der Waals surface area contributed by atoms with Crippen molar-refractivity contribution < 1.29 is 67.7 Å². The Morgan fingerprint density at radius 2 is 1.10 bits per heavy atom. The maximum atomic E-state index is 14.1. The molecule has 482 valence electrons. The number of hydrazine groups is 1. The molecule has 1 heterocycles. The van der Waals surface area contributed by atoms with Crippen LogP contribution in [0.2, 0.25) is 0 Å². The fourth-order valence-electron chi connectivity index (χ4n) is 9.08. The lowest BCUT2D eigenvalue weighted by molar-refractivity contribution is -0.137. The Labute approximate surface area is 512 Å². The van der Waals surface area contributed by atoms with Crippen LogP contribution in [0.4, 0.5) is 4.79 Å². The molecule has 0 fully saturated rings. The number of carbonyl (C=O) groups excluding carboxylic acids is 12. The van der Waals surface area contributed by atoms with E-state index in [1.165, 1.54) is 31.3 Å². The topological polar surface area (TPSA) is 507 Å². The summed E-state index contributed by atoms with van der Waals surface area (Å²) in [6.45, 7) is 5.95. The summed E-state index contributed by atoms with van der Waals surface area (Å²) in [5.41, 5.74) is 23.4. The SMILES string of the molecule is CNC(=N)NCCC[C@H](NC(=O)[C@H](CC(C)C)NC(=O)NNC(=O)[C@H](Cc1ccccc1)NC(=O)[C@@H](NC(=O)[C@H](CC(N)=O)NC(=O)[C@@H](CCC(N)=O)NC(=O)[C@@H](Cc1ccc(O)cc1)NC(C)=O)[C@@H](C)O)C(=O)N[C@@H](Cc1c[nH]c2ccccc12)C(N)=O. The van der Waals surface area contributed by atoms with Crippen LogP contribution in [0.3, 0.4) is 0 Å². The molecule has 31 nitrogen and oxygen atoms in total. The van der Waals surface area contributed by atoms with Crippen molar-refractivity contribution in [3.8, 4) is 5.75 Å². The van der Waals surface area contributed by atoms with Crippen molar-refractivity contribution in [2.75, 3.05) is 13.6 Å². The van der Waals surface area contributed by atoms with E-state index in [2.05, 4.69) is 69.0 Å². The van der Waals surface area contributed by atoms with Gasteiger partial charge in [-0.3, -0.25) is 63.6 Å². The molecule has 1 aromatic heterocycles. The van der Waals surface area contributed by atoms with Crippen LogP contribution in [0.5, 0.6) is 5.75 Å². The van der Waals surface area contributed by atoms with Gasteiger partial charge < -0.3 is 85.6 Å². The molecule has 22 N–H and O–H groups in total. The van der Waals surface area contributed by atoms with Crippen molar-refractivity contribution in [2.24, 2.45) is 23.1 Å². The summed E-state index contributed by atoms with van der Waals surface area (Å²) in [5.74, 6) is -11.0. The molecule has 0 aliphatic carbocycles. The third kappa shape index (κ3) is 24.5. The minimum Gasteiger partial charge on any atom is -0.508 e. The number of hydrogen-bond acceptors (Lipinski definition) is 15. The number of hydrogen-bond donors (Lipinski definition) is 19. The van der Waals surface area contributed by atoms with Gasteiger partial charge in [0.25, 0.3) is 5.91 Å². The second-order valence-corrected chi connectivity index (χ2v) is 21.5. The fraction of sp³-hybridized carbons (Fsp3) is 0.431. The standard InChI is InChI=1S/C58H81N17O14/c1-30(2)24-42(52(84)67-39(16-11-23-64-57(62)63-5)50(82)69-41(49(61)81)27-35-29-65-38-15-10-9-14-37(35)38)72-58(89)75-74-55(87)44(25-33-12-7-6-8-13-33)71-56(88)48(31(3)76)73-54(86)45(28-47(60)80)70-51(83)40(21-22-46(59)79)68-53(85)43(66-32(4)77)26-34-17-19-36(78)20-18-34/h6-10,12-15,17-20,29-31,39-45,48,65,76,78H,11,16,21-28H2,1-5H3,(H2,59,79)(H2,60,80)(H2,61,81)(H,66,77)(H,67,84)(H,68,85)(H,69,82)(H,70,83)(H,71,88)(H,73,86)(H,74,87)(H3,62,63,64)(H2,72,75,89)/t31-,39+,40-,41+,42+,43-,44+,45+,48+/m1/s1. The van der Waals surface area contributed by atoms with E-state index in [-0.39, 0.29) is 62.7 Å². The number of para-hydroxylation sites is 1. The van der Waals surface area contributed by atoms with E-state index < -0.39 is 145 Å². The third-order valence-electron chi connectivity index (χ3n) is 13.6. The number of fused-ring (bicyclic) bond motifs is 1. The van der Waals surface area contributed by atoms with Crippen LogP contribution in [-0.2, 0) is 72.0 Å². The molecule has 0 saturated heterocycles. The van der Waals surface area contributed by atoms with Crippen molar-refractivity contribution >= 4 is 87.9 Å². The van der Waals surface area contributed by atoms with Crippen LogP contribution in [0.25, 0.3) is 10.9 Å². The maximum absolute atomic E-state index is 14.1. The van der Waals surface area contributed by atoms with Crippen LogP contribution in [0, 0.1) is 11.3 Å². The molecule has 13 amide bonds. The summed E-state index contributed by atoms with van der Waals surface area (Å²) >= 11 is 0. The number of urea groups is 1. The number of aromatic hydroxyl groups is 1. The number of carbonyl (C=O) groups is 12. The number of nitrogens with two attached hydrogens (primary N) is 3. The monoisotopic (exact) mass is 1240 g/mol. The number of aromatic nitrogens is 1. The summed E-state index contributed by atoms with van der Waals surface area (Å²) in [4.78, 5) is 164. The molecule has 0 aliphatic heterocycles. The second-order valence-electron chi connectivity index (χ2n) is 21.5. The highest BCUT2D eigenvalue weighted by atomic mass is 16.3. The molecule has 31 heteroatoms. The molecule has 4 rings (SSSR count). The normalized spacial score (nSPS) is 14.0. The predicted octanol–water partition coefficient (Wildman–Crippen LogP) is -3.41. The first-order valence-corrected chi connectivity index (χ1v) is 28.5. The highest BCUT2D eigenvalue weighted by molar-refractivity contribution is 5.99. The van der Waals surface area contributed by atoms with Gasteiger partial charge in [0.15, 0.2) is 5.96 Å². The van der Waals surface area contributed by atoms with Crippen LogP contribution < -0.4 is 81.2 Å². The van der Waals surface area contributed by atoms with Crippen LogP contribution in [0.1, 0.15) is 82.9 Å². The molecule has 0 unspecified atom stereocenters. The Morgan fingerprint density at radius 3 is 1.69 bits per heavy atom. The van der Waals surface area contributed by atoms with E-state index in [4.69, 9.17) is 22.6 Å². The van der Waals surface area contributed by atoms with Crippen molar-refractivity contribution in [1.29, 1.82) is 5.41 Å². The molecule has 0 aliphatic rings. The van der Waals surface area contributed by atoms with E-state index >= 15 is 0 Å². The number of aliphatic hydroxyl groups excluding tert-OH is 1. The molecule has 4 aromatic rings. The first-order chi connectivity index (χ1) is 42.1. The number of aliphatic hydroxyl groups is 1. The lowest BCUT2D eigenvalue weighted by Crippen LogP contribution is -2.62. The average molecular weight is 1240 g/mol. The van der Waals surface area contributed by atoms with Gasteiger partial charge in [0.05, 0.1) is 12.5 Å². The first kappa shape index (κ1) is 71.2. The van der Waals surface area contributed by atoms with Crippen molar-refractivity contribution in [3.63, 3.8) is 0 Å². The number of nitrogens with one attached hydrogen (secondary N) is 14. The largest absolute Gasteiger partial charge is 0.508 e. The zero-order valence-electron chi connectivity index (χ0n) is 50.0. The van der Waals surface area contributed by atoms with E-state index in [1.54, 1.807) is 50.4 Å². The van der Waals surface area contributed by atoms with Crippen LogP contribution in [0.15, 0.2) is 85.1 Å². The summed E-state index contributed by atoms with van der Waals surface area (Å²) in [5, 5.41) is 54.3. The Hall–Kier alpha value is -10.3. The van der Waals surface area contributed by atoms with E-state index in [0.717, 1.165) is 24.8 Å². The molecule has 0 radical (unpaired) electrons. The molecule has 0 spiro atoms. The van der Waals surface area contributed by atoms with E-state index in [0.29, 0.717) is 16.7 Å². The second kappa shape index (κ2) is 35.3. The van der Waals surface area contributed by atoms with Gasteiger partial charge in [0.1, 0.15) is 54.1 Å². The number of aromatic amines is 1. The number of primary amides is 3. The summed E-state index contributed by atoms with van der Waals surface area (Å²) in [7, 11) is 1.53. The number of guanidine groups is 1. The van der Waals surface area contributed by atoms with Crippen LogP contribution >= 0.6 is 0 Å². The molecular formula is C58H81N17O14. The Morgan fingerprint density at radius 1 is 0.562 bits per heavy atom. The molecule has 0 saturated carbocycles. The van der Waals surface area contributed by atoms with E-state index in [1.807, 2.05) is 24.3 Å². The average Bonchev–Trinajstić information content (AvgIpc) is 2.47. The highest BCUT2D eigenvalue weighted by Gasteiger charge is 2.36. The minimum atomic E-state index is -1.93. The highest BCUT2D eigenvalue weighted by Crippen LogP contribution is 2.20. The number of rotatable bonds is 34. The van der Waals surface area contributed by atoms with Gasteiger partial charge in [0, 0.05) is 63.3 Å². The number of phenolic OH excluding ortho intramolecular Hbond substituents is 1. The van der Waals surface area contributed by atoms with Gasteiger partial charge in [-0.05, 0) is 73.4 Å². The van der Waals surface area contributed by atoms with Gasteiger partial charge in [-0.15, -0.1) is 0 Å². The number of benzene rings is 3. The lowest BCUT2D eigenvalue weighted by Gasteiger charge is -2.28. The van der Waals surface area contributed by atoms with Crippen molar-refractivity contribution in [1.82, 2.24) is 69.0 Å². The Balaban J connectivity index is 1.50. The number of H-pyrrole nitrogens is 1. The predicted molar refractivity (Wildman–Crippen MR) is 323 cm³/mol. The molecule has 0 bridgehead atoms. The number of amides is 13. The number of phenols is 1. The fourth-order valence-corrected chi connectivity index (χ4v) is 9.08. The van der Waals surface area contributed by atoms with Gasteiger partial charge >= 0.3 is 6.03 Å². The minimum absolute atomic E-state index is 0.00135. The zero-order chi connectivity index (χ0) is 65.9. The van der Waals surface area contributed by atoms with Gasteiger partial charge in [-0.2, -0.15) is 0 Å². The molecule has 9 atom stereocenters. The third-order valence-corrected chi connectivity index (χ3v) is 13.6. The van der Waals surface area contributed by atoms with Gasteiger partial charge in [0.2, 0.25) is 59.1 Å². The quantitative estimate of drug-likeness (QED) is 0.00938. The lowest BCUT2D eigenvalue weighted by atomic mass is 10.0. The first-order valence-electron chi connectivity index (χ1n) is 28.5. The smallest absolute Gasteiger partial charge is 0.334 e. The Bertz CT molecular complexity index is 3140.